The van der Waals surface area contributed by atoms with E-state index in [-0.39, 0.29) is 106 Å². The molecule has 716 valence electrons. The van der Waals surface area contributed by atoms with E-state index in [0.717, 1.165) is 54.8 Å². The number of hydrogen-bond acceptors (Lipinski definition) is 49. The van der Waals surface area contributed by atoms with E-state index in [4.69, 9.17) is 34.1 Å². The number of anilines is 9. The van der Waals surface area contributed by atoms with Gasteiger partial charge in [-0.25, -0.2) is 30.4 Å². The minimum Gasteiger partial charge on any atom is -0.505 e. The molecule has 1 fully saturated rings. The topological polar surface area (TPSA) is 761 Å². The molecule has 1 saturated heterocycles. The maximum Gasteiger partial charge on any atom is 0.444 e. The van der Waals surface area contributed by atoms with Crippen molar-refractivity contribution >= 4 is 229 Å². The van der Waals surface area contributed by atoms with Crippen LogP contribution in [0.3, 0.4) is 0 Å². The third kappa shape index (κ3) is 32.6. The first-order valence-electron chi connectivity index (χ1n) is 36.5. The third-order valence-electron chi connectivity index (χ3n) is 16.4. The summed E-state index contributed by atoms with van der Waals surface area (Å²) in [4.78, 5) is 85.6. The number of aromatic carboxylic acids is 1. The number of ether oxygens (including phenoxy) is 1. The number of pyridine rings is 1. The average Bonchev–Trinajstić information content (AvgIpc) is 0.757. The summed E-state index contributed by atoms with van der Waals surface area (Å²) < 4.78 is 133. The maximum absolute atomic E-state index is 11.7. The quantitative estimate of drug-likeness (QED) is 0.00330. The Bertz CT molecular complexity index is 6450. The van der Waals surface area contributed by atoms with Crippen molar-refractivity contribution in [1.29, 1.82) is 0 Å². The Morgan fingerprint density at radius 3 is 1.48 bits per heavy atom. The normalized spacial score (nSPS) is 11.9. The summed E-state index contributed by atoms with van der Waals surface area (Å²) in [7, 11) is -10.6. The van der Waals surface area contributed by atoms with Crippen molar-refractivity contribution in [2.75, 3.05) is 88.7 Å². The Morgan fingerprint density at radius 1 is 0.507 bits per heavy atom. The second-order valence-corrected chi connectivity index (χ2v) is 34.5. The van der Waals surface area contributed by atoms with Crippen LogP contribution in [0, 0.1) is 20.8 Å². The van der Waals surface area contributed by atoms with Crippen molar-refractivity contribution < 1.29 is 165 Å². The number of aryl methyl sites for hydroxylation is 3. The molecular formula is C73H77N18O34S9+. The summed E-state index contributed by atoms with van der Waals surface area (Å²) in [6, 6.07) is 33.0. The number of carbonyl (C=O) groups is 5. The molecule has 3 aromatic heterocycles. The van der Waals surface area contributed by atoms with Gasteiger partial charge in [-0.3, -0.25) is 32.8 Å². The highest BCUT2D eigenvalue weighted by atomic mass is 32.2. The van der Waals surface area contributed by atoms with Gasteiger partial charge in [0.05, 0.1) is 110 Å². The number of phenols is 2. The van der Waals surface area contributed by atoms with E-state index in [2.05, 4.69) is 120 Å². The summed E-state index contributed by atoms with van der Waals surface area (Å²) in [6.45, 7) is 10.2. The number of azo groups is 2. The van der Waals surface area contributed by atoms with E-state index in [1.54, 1.807) is 108 Å². The molecule has 20 N–H and O–H groups in total. The molecule has 0 aliphatic carbocycles. The van der Waals surface area contributed by atoms with E-state index >= 15 is 0 Å². The van der Waals surface area contributed by atoms with Gasteiger partial charge in [0.1, 0.15) is 44.0 Å². The molecule has 0 spiro atoms. The van der Waals surface area contributed by atoms with Gasteiger partial charge in [0.2, 0.25) is 29.7 Å². The van der Waals surface area contributed by atoms with Crippen LogP contribution in [0.1, 0.15) is 40.9 Å². The Morgan fingerprint density at radius 2 is 0.985 bits per heavy atom. The largest absolute Gasteiger partial charge is 0.505 e. The molecule has 1 aliphatic heterocycles. The van der Waals surface area contributed by atoms with Gasteiger partial charge in [0.25, 0.3) is 30.4 Å². The van der Waals surface area contributed by atoms with Crippen molar-refractivity contribution in [1.82, 2.24) is 29.9 Å². The van der Waals surface area contributed by atoms with Crippen LogP contribution in [0.2, 0.25) is 0 Å². The summed E-state index contributed by atoms with van der Waals surface area (Å²) in [5.74, 6) is -2.47. The fourth-order valence-corrected chi connectivity index (χ4v) is 15.5. The number of amides is 2. The van der Waals surface area contributed by atoms with Crippen LogP contribution < -0.4 is 41.4 Å². The molecule has 0 unspecified atom stereocenters. The molecule has 4 heterocycles. The molecular weight excluding hydrogens is 1960 g/mol. The van der Waals surface area contributed by atoms with Crippen LogP contribution >= 0.6 is 72.3 Å². The monoisotopic (exact) mass is 2040 g/mol. The molecule has 134 heavy (non-hydrogen) atoms. The number of hydrogen-bond donors (Lipinski definition) is 16. The van der Waals surface area contributed by atoms with Gasteiger partial charge in [-0.1, -0.05) is 44.4 Å². The Hall–Kier alpha value is -12.2. The van der Waals surface area contributed by atoms with Crippen LogP contribution in [0.4, 0.5) is 75.2 Å². The predicted molar refractivity (Wildman–Crippen MR) is 481 cm³/mol. The zero-order valence-corrected chi connectivity index (χ0v) is 76.9. The van der Waals surface area contributed by atoms with Crippen LogP contribution in [0.15, 0.2) is 201 Å². The summed E-state index contributed by atoms with van der Waals surface area (Å²) in [6.07, 6.45) is 3.02. The van der Waals surface area contributed by atoms with Crippen molar-refractivity contribution in [3.63, 3.8) is 0 Å². The van der Waals surface area contributed by atoms with E-state index in [1.807, 2.05) is 11.0 Å². The Balaban J connectivity index is 0.000000243. The van der Waals surface area contributed by atoms with E-state index < -0.39 is 80.4 Å². The van der Waals surface area contributed by atoms with Crippen LogP contribution in [0.25, 0.3) is 27.5 Å². The lowest BCUT2D eigenvalue weighted by molar-refractivity contribution is -0.603. The summed E-state index contributed by atoms with van der Waals surface area (Å²) in [5.41, 5.74) is 2.55. The van der Waals surface area contributed by atoms with E-state index in [1.165, 1.54) is 60.2 Å². The van der Waals surface area contributed by atoms with E-state index in [0.29, 0.717) is 136 Å². The zero-order valence-electron chi connectivity index (χ0n) is 69.6. The molecule has 0 saturated carbocycles. The number of carboxylic acid groups (broad SMARTS) is 1. The fourth-order valence-electron chi connectivity index (χ4n) is 11.0. The number of nitrogens with one attached hydrogen (secondary N) is 6. The average molecular weight is 2040 g/mol. The molecule has 8 aromatic carbocycles. The van der Waals surface area contributed by atoms with Crippen molar-refractivity contribution in [3.05, 3.63) is 168 Å². The van der Waals surface area contributed by atoms with Gasteiger partial charge in [0.15, 0.2) is 11.5 Å². The molecule has 0 radical (unpaired) electrons. The molecule has 12 rings (SSSR count). The number of rotatable bonds is 36. The molecule has 11 aromatic rings. The first-order chi connectivity index (χ1) is 62.9. The maximum atomic E-state index is 11.7. The Kier molecular flexibility index (Phi) is 42.2. The van der Waals surface area contributed by atoms with Gasteiger partial charge in [0, 0.05) is 92.2 Å². The Labute approximate surface area is 782 Å². The molecule has 2 amide bonds. The lowest BCUT2D eigenvalue weighted by atomic mass is 10.0. The smallest absolute Gasteiger partial charge is 0.444 e. The highest BCUT2D eigenvalue weighted by molar-refractivity contribution is 7.97. The molecule has 1 aliphatic rings. The number of aromatic hydroxyl groups is 2. The highest BCUT2D eigenvalue weighted by Gasteiger charge is 2.27. The van der Waals surface area contributed by atoms with Crippen LogP contribution in [0.5, 0.6) is 11.5 Å². The van der Waals surface area contributed by atoms with Crippen molar-refractivity contribution in [2.24, 2.45) is 20.5 Å². The lowest BCUT2D eigenvalue weighted by Gasteiger charge is -2.27. The van der Waals surface area contributed by atoms with Crippen LogP contribution in [-0.2, 0) is 100 Å². The number of carbonyl (C=O) groups excluding carboxylic acids is 4. The second kappa shape index (κ2) is 51.9. The van der Waals surface area contributed by atoms with Crippen LogP contribution in [-0.4, -0.2) is 198 Å². The summed E-state index contributed by atoms with van der Waals surface area (Å²) >= 11 is 3.75. The number of benzene rings is 8. The van der Waals surface area contributed by atoms with Gasteiger partial charge in [-0.15, -0.1) is 42.8 Å². The highest BCUT2D eigenvalue weighted by Crippen LogP contribution is 2.50. The number of nitrogens with zero attached hydrogens (tertiary/aromatic N) is 12. The zero-order chi connectivity index (χ0) is 96.0. The van der Waals surface area contributed by atoms with Gasteiger partial charge in [-0.2, -0.15) is 40.2 Å². The van der Waals surface area contributed by atoms with E-state index in [9.17, 15) is 78.2 Å². The first kappa shape index (κ1) is 109. The number of morpholine rings is 1. The minimum absolute atomic E-state index is 0. The van der Waals surface area contributed by atoms with Gasteiger partial charge >= 0.3 is 35.8 Å². The molecule has 0 bridgehead atoms. The number of phenolic OH excluding ortho intramolecular Hbond substituents is 2. The van der Waals surface area contributed by atoms with Gasteiger partial charge < -0.3 is 76.2 Å². The first-order valence-corrected chi connectivity index (χ1v) is 45.6. The van der Waals surface area contributed by atoms with Crippen molar-refractivity contribution in [3.8, 4) is 17.4 Å². The summed E-state index contributed by atoms with van der Waals surface area (Å²) in [5, 5.41) is 112. The standard InChI is InChI=1S/C20H19N3O8S2.C19H17N3O11S3.C18H16N6O7S2.C16H20N6O6S2.2H2O/c1-10-4-5-17(33(27,28)29)14(7-10)22-23-19-16(32-31-30-26)9-13-6-11(2)8-15(21-12(3)24)18(13)20(19)25;1-9-3-4-16(36(29,30)31)13(5-9)21-22-18-15(34-33-32-25)7-11-6-12(35(26,27)28)8-14(20-10(2)23)17(11)19(18)24;1-19-16-21-17(23-18(22-16)24-8-2-3-11(9-24)15(26)27)20-12-4-6-13(7-5-12)33-29-14(25)10-32-31-30-28;1-17-14-19-15(21-16(20-14)22-5-7-25-8-6-22)18-11-3-2-4-12(9-11)30-26-13(23)10-29-28-27-24;;/h4-9,25-26H,1-3H3,(H,21,24)(H,27,28,29);3-8,24-25H,1-2H3,(H,20,23)(H,26,27,28)(H,29,30,31);2-9H,10H2,1H3,(H3-,19,20,21,22,23,26,27,28);2-4,9,24H,5-8,10H2,1H3,(H2,17,18,19,20,21);2*1H2/p+1. The lowest BCUT2D eigenvalue weighted by Crippen LogP contribution is -2.37. The number of aromatic nitrogens is 7. The molecule has 0 atom stereocenters. The number of carboxylic acids is 1. The number of fused-ring (bicyclic) bond motifs is 2. The molecule has 52 nitrogen and oxygen atoms in total. The van der Waals surface area contributed by atoms with Gasteiger partial charge in [-0.05, 0) is 167 Å². The third-order valence-corrected chi connectivity index (χ3v) is 22.7. The van der Waals surface area contributed by atoms with Crippen molar-refractivity contribution in [2.45, 2.75) is 68.9 Å². The predicted octanol–water partition coefficient (Wildman–Crippen LogP) is 12.1. The molecule has 61 heteroatoms. The fraction of sp³-hybridized carbons (Fsp3) is 0.178. The SMILES string of the molecule is CC(=O)Nc1cc(C)cc2cc(SOOO)c(N=Nc3cc(C)ccc3S(=O)(=O)O)c(O)c12.CC(=O)Nc1cc(S(=O)(=O)O)cc2cc(SOOO)c(N=Nc3cc(C)ccc3S(=O)(=O)O)c(O)c12.CNc1nc(Nc2ccc(SOC(=O)CSOOO)cc2)nc(-[n+]2cccc(C(=O)O)c2)n1.CNc1nc(Nc2cccc(SOC(=O)CSOOO)c2)nc(N2CCOCC2)n1.O.O. The minimum atomic E-state index is -4.73. The second-order valence-electron chi connectivity index (χ2n) is 25.9.